The summed E-state index contributed by atoms with van der Waals surface area (Å²) in [5.74, 6) is -0.153. The Morgan fingerprint density at radius 1 is 1.63 bits per heavy atom. The summed E-state index contributed by atoms with van der Waals surface area (Å²) in [7, 11) is 0. The predicted octanol–water partition coefficient (Wildman–Crippen LogP) is 2.64. The minimum Gasteiger partial charge on any atom is -0.481 e. The zero-order chi connectivity index (χ0) is 13.8. The Balaban J connectivity index is 1.82. The van der Waals surface area contributed by atoms with Crippen molar-refractivity contribution >= 4 is 17.3 Å². The quantitative estimate of drug-likeness (QED) is 0.871. The monoisotopic (exact) mass is 282 g/mol. The van der Waals surface area contributed by atoms with Crippen LogP contribution < -0.4 is 0 Å². The second-order valence-electron chi connectivity index (χ2n) is 5.72. The van der Waals surface area contributed by atoms with Gasteiger partial charge < -0.3 is 5.11 Å². The number of aliphatic carboxylic acids is 1. The van der Waals surface area contributed by atoms with Crippen molar-refractivity contribution in [1.29, 1.82) is 0 Å². The number of rotatable bonds is 6. The third-order valence-corrected chi connectivity index (χ3v) is 4.50. The molecule has 0 aromatic carbocycles. The zero-order valence-electron chi connectivity index (χ0n) is 11.6. The molecule has 5 heteroatoms. The van der Waals surface area contributed by atoms with E-state index in [1.165, 1.54) is 11.4 Å². The number of nitrogens with zero attached hydrogens (tertiary/aromatic N) is 2. The summed E-state index contributed by atoms with van der Waals surface area (Å²) < 4.78 is 0. The summed E-state index contributed by atoms with van der Waals surface area (Å²) >= 11 is 1.73. The molecule has 2 rings (SSSR count). The molecule has 0 saturated carbocycles. The first-order chi connectivity index (χ1) is 9.04. The first-order valence-electron chi connectivity index (χ1n) is 6.93. The number of aryl methyl sites for hydroxylation is 1. The number of carboxylic acids is 1. The molecule has 1 N–H and O–H groups in total. The van der Waals surface area contributed by atoms with E-state index in [0.717, 1.165) is 31.6 Å². The smallest absolute Gasteiger partial charge is 0.307 e. The number of hydrogen-bond acceptors (Lipinski definition) is 4. The van der Waals surface area contributed by atoms with Crippen molar-refractivity contribution < 1.29 is 9.90 Å². The first kappa shape index (κ1) is 14.5. The largest absolute Gasteiger partial charge is 0.481 e. The average Bonchev–Trinajstić information content (AvgIpc) is 2.96. The zero-order valence-corrected chi connectivity index (χ0v) is 12.4. The van der Waals surface area contributed by atoms with E-state index in [9.17, 15) is 4.79 Å². The lowest BCUT2D eigenvalue weighted by molar-refractivity contribution is -0.141. The highest BCUT2D eigenvalue weighted by Gasteiger charge is 2.28. The molecule has 0 radical (unpaired) electrons. The van der Waals surface area contributed by atoms with E-state index >= 15 is 0 Å². The van der Waals surface area contributed by atoms with Crippen LogP contribution in [0.3, 0.4) is 0 Å². The number of carboxylic acid groups (broad SMARTS) is 1. The fraction of sp³-hybridized carbons (Fsp3) is 0.714. The molecule has 1 saturated heterocycles. The number of aromatic nitrogens is 1. The van der Waals surface area contributed by atoms with Crippen LogP contribution in [0.4, 0.5) is 0 Å². The first-order valence-corrected chi connectivity index (χ1v) is 7.81. The molecule has 0 amide bonds. The van der Waals surface area contributed by atoms with Crippen molar-refractivity contribution in [3.8, 4) is 0 Å². The third kappa shape index (κ3) is 4.28. The normalized spacial score (nSPS) is 20.3. The van der Waals surface area contributed by atoms with Crippen LogP contribution in [0.2, 0.25) is 0 Å². The van der Waals surface area contributed by atoms with Crippen molar-refractivity contribution in [2.24, 2.45) is 11.8 Å². The minimum absolute atomic E-state index is 0.195. The van der Waals surface area contributed by atoms with Gasteiger partial charge in [0.15, 0.2) is 0 Å². The van der Waals surface area contributed by atoms with Gasteiger partial charge in [-0.1, -0.05) is 13.8 Å². The lowest BCUT2D eigenvalue weighted by Gasteiger charge is -2.12. The molecule has 1 aliphatic rings. The second-order valence-corrected chi connectivity index (χ2v) is 6.67. The SMILES string of the molecule is CC(C)CCc1nc(CN2CCC(C(=O)O)C2)cs1. The molecule has 19 heavy (non-hydrogen) atoms. The van der Waals surface area contributed by atoms with E-state index in [1.807, 2.05) is 0 Å². The van der Waals surface area contributed by atoms with Crippen molar-refractivity contribution in [3.05, 3.63) is 16.1 Å². The Morgan fingerprint density at radius 3 is 3.05 bits per heavy atom. The van der Waals surface area contributed by atoms with Crippen LogP contribution in [0.1, 0.15) is 37.4 Å². The van der Waals surface area contributed by atoms with Crippen LogP contribution in [0.25, 0.3) is 0 Å². The van der Waals surface area contributed by atoms with Crippen LogP contribution in [0, 0.1) is 11.8 Å². The number of hydrogen-bond donors (Lipinski definition) is 1. The van der Waals surface area contributed by atoms with Gasteiger partial charge in [-0.2, -0.15) is 0 Å². The summed E-state index contributed by atoms with van der Waals surface area (Å²) in [5.41, 5.74) is 1.09. The fourth-order valence-electron chi connectivity index (χ4n) is 2.36. The highest BCUT2D eigenvalue weighted by Crippen LogP contribution is 2.20. The van der Waals surface area contributed by atoms with Crippen molar-refractivity contribution in [2.45, 2.75) is 39.7 Å². The minimum atomic E-state index is -0.668. The molecule has 2 heterocycles. The van der Waals surface area contributed by atoms with E-state index in [0.29, 0.717) is 12.5 Å². The Morgan fingerprint density at radius 2 is 2.42 bits per heavy atom. The van der Waals surface area contributed by atoms with Gasteiger partial charge in [0.05, 0.1) is 16.6 Å². The maximum atomic E-state index is 10.9. The van der Waals surface area contributed by atoms with Crippen LogP contribution in [0.15, 0.2) is 5.38 Å². The molecular weight excluding hydrogens is 260 g/mol. The Bertz CT molecular complexity index is 431. The Kier molecular flexibility index (Phi) is 4.93. The summed E-state index contributed by atoms with van der Waals surface area (Å²) in [6.45, 7) is 6.78. The van der Waals surface area contributed by atoms with E-state index in [-0.39, 0.29) is 5.92 Å². The topological polar surface area (TPSA) is 53.4 Å². The van der Waals surface area contributed by atoms with Gasteiger partial charge in [0, 0.05) is 18.5 Å². The summed E-state index contributed by atoms with van der Waals surface area (Å²) in [6.07, 6.45) is 3.00. The molecule has 4 nitrogen and oxygen atoms in total. The number of carbonyl (C=O) groups is 1. The molecule has 1 fully saturated rings. The fourth-order valence-corrected chi connectivity index (χ4v) is 3.16. The highest BCUT2D eigenvalue weighted by atomic mass is 32.1. The van der Waals surface area contributed by atoms with E-state index < -0.39 is 5.97 Å². The van der Waals surface area contributed by atoms with E-state index in [4.69, 9.17) is 5.11 Å². The molecule has 0 bridgehead atoms. The van der Waals surface area contributed by atoms with Gasteiger partial charge in [-0.3, -0.25) is 9.69 Å². The molecule has 1 aromatic rings. The predicted molar refractivity (Wildman–Crippen MR) is 76.3 cm³/mol. The van der Waals surface area contributed by atoms with Crippen molar-refractivity contribution in [3.63, 3.8) is 0 Å². The average molecular weight is 282 g/mol. The third-order valence-electron chi connectivity index (χ3n) is 3.54. The van der Waals surface area contributed by atoms with Crippen LogP contribution in [0.5, 0.6) is 0 Å². The molecule has 1 unspecified atom stereocenters. The summed E-state index contributed by atoms with van der Waals surface area (Å²) in [5, 5.41) is 12.3. The molecule has 0 spiro atoms. The molecule has 1 aromatic heterocycles. The van der Waals surface area contributed by atoms with Gasteiger partial charge in [0.1, 0.15) is 0 Å². The van der Waals surface area contributed by atoms with Gasteiger partial charge in [-0.25, -0.2) is 4.98 Å². The van der Waals surface area contributed by atoms with Gasteiger partial charge >= 0.3 is 5.97 Å². The number of thiazole rings is 1. The summed E-state index contributed by atoms with van der Waals surface area (Å²) in [4.78, 5) is 17.8. The maximum absolute atomic E-state index is 10.9. The van der Waals surface area contributed by atoms with Crippen LogP contribution in [-0.4, -0.2) is 34.0 Å². The lowest BCUT2D eigenvalue weighted by atomic mass is 10.1. The van der Waals surface area contributed by atoms with Crippen molar-refractivity contribution in [2.75, 3.05) is 13.1 Å². The van der Waals surface area contributed by atoms with Gasteiger partial charge in [0.25, 0.3) is 0 Å². The maximum Gasteiger partial charge on any atom is 0.307 e. The second kappa shape index (κ2) is 6.48. The standard InChI is InChI=1S/C14H22N2O2S/c1-10(2)3-4-13-15-12(9-19-13)8-16-6-5-11(7-16)14(17)18/h9-11H,3-8H2,1-2H3,(H,17,18). The molecular formula is C14H22N2O2S. The Hall–Kier alpha value is -0.940. The van der Waals surface area contributed by atoms with Crippen LogP contribution in [-0.2, 0) is 17.8 Å². The highest BCUT2D eigenvalue weighted by molar-refractivity contribution is 7.09. The lowest BCUT2D eigenvalue weighted by Crippen LogP contribution is -2.22. The van der Waals surface area contributed by atoms with Gasteiger partial charge in [-0.15, -0.1) is 11.3 Å². The van der Waals surface area contributed by atoms with Crippen LogP contribution >= 0.6 is 11.3 Å². The van der Waals surface area contributed by atoms with Gasteiger partial charge in [-0.05, 0) is 31.7 Å². The molecule has 1 atom stereocenters. The van der Waals surface area contributed by atoms with Crippen molar-refractivity contribution in [1.82, 2.24) is 9.88 Å². The van der Waals surface area contributed by atoms with E-state index in [2.05, 4.69) is 29.1 Å². The molecule has 106 valence electrons. The number of likely N-dealkylation sites (tertiary alicyclic amines) is 1. The Labute approximate surface area is 118 Å². The van der Waals surface area contributed by atoms with E-state index in [1.54, 1.807) is 11.3 Å². The molecule has 1 aliphatic heterocycles. The summed E-state index contributed by atoms with van der Waals surface area (Å²) in [6, 6.07) is 0. The van der Waals surface area contributed by atoms with Gasteiger partial charge in [0.2, 0.25) is 0 Å². The molecule has 0 aliphatic carbocycles.